The standard InChI is InChI=1S/C27H24N2O4/c1-3-7-21-14-20(15-22(17-28)27(31)29-23-10-12-24(30)13-11-23)16-25(32-2)26(21)33-18-19-8-5-4-6-9-19/h3-6,8-16,30H,1,7,18H2,2H3,(H,29,31)/b22-15+. The molecule has 0 heterocycles. The Morgan fingerprint density at radius 2 is 1.88 bits per heavy atom. The number of hydrogen-bond donors (Lipinski definition) is 2. The largest absolute Gasteiger partial charge is 0.508 e. The molecule has 0 unspecified atom stereocenters. The van der Waals surface area contributed by atoms with Gasteiger partial charge in [-0.2, -0.15) is 5.26 Å². The van der Waals surface area contributed by atoms with Crippen molar-refractivity contribution in [2.45, 2.75) is 13.0 Å². The number of carbonyl (C=O) groups excluding carboxylic acids is 1. The summed E-state index contributed by atoms with van der Waals surface area (Å²) in [4.78, 5) is 12.6. The lowest BCUT2D eigenvalue weighted by Crippen LogP contribution is -2.13. The molecule has 1 amide bonds. The molecule has 166 valence electrons. The van der Waals surface area contributed by atoms with Gasteiger partial charge in [0, 0.05) is 11.3 Å². The fourth-order valence-electron chi connectivity index (χ4n) is 3.18. The van der Waals surface area contributed by atoms with Crippen molar-refractivity contribution < 1.29 is 19.4 Å². The highest BCUT2D eigenvalue weighted by Gasteiger charge is 2.15. The molecule has 0 fully saturated rings. The Balaban J connectivity index is 1.89. The van der Waals surface area contributed by atoms with Gasteiger partial charge in [-0.1, -0.05) is 36.4 Å². The van der Waals surface area contributed by atoms with Gasteiger partial charge in [0.1, 0.15) is 24.0 Å². The number of allylic oxidation sites excluding steroid dienone is 1. The smallest absolute Gasteiger partial charge is 0.266 e. The second kappa shape index (κ2) is 11.2. The molecule has 3 rings (SSSR count). The summed E-state index contributed by atoms with van der Waals surface area (Å²) in [6.07, 6.45) is 3.76. The first-order valence-electron chi connectivity index (χ1n) is 10.2. The number of phenols is 1. The predicted molar refractivity (Wildman–Crippen MR) is 128 cm³/mol. The molecule has 0 saturated heterocycles. The highest BCUT2D eigenvalue weighted by atomic mass is 16.5. The van der Waals surface area contributed by atoms with Crippen LogP contribution in [0.1, 0.15) is 16.7 Å². The zero-order chi connectivity index (χ0) is 23.6. The van der Waals surface area contributed by atoms with Crippen LogP contribution in [0.3, 0.4) is 0 Å². The van der Waals surface area contributed by atoms with Crippen molar-refractivity contribution in [3.63, 3.8) is 0 Å². The topological polar surface area (TPSA) is 91.6 Å². The van der Waals surface area contributed by atoms with Gasteiger partial charge in [0.15, 0.2) is 11.5 Å². The minimum absolute atomic E-state index is 0.0763. The van der Waals surface area contributed by atoms with Crippen molar-refractivity contribution in [3.05, 3.63) is 102 Å². The summed E-state index contributed by atoms with van der Waals surface area (Å²) < 4.78 is 11.6. The van der Waals surface area contributed by atoms with Crippen molar-refractivity contribution in [2.24, 2.45) is 0 Å². The summed E-state index contributed by atoms with van der Waals surface area (Å²) in [7, 11) is 1.54. The van der Waals surface area contributed by atoms with Gasteiger partial charge in [-0.25, -0.2) is 0 Å². The molecule has 0 aliphatic heterocycles. The fraction of sp³-hybridized carbons (Fsp3) is 0.111. The summed E-state index contributed by atoms with van der Waals surface area (Å²) in [6, 6.07) is 21.3. The second-order valence-electron chi connectivity index (χ2n) is 7.15. The number of anilines is 1. The molecule has 0 aromatic heterocycles. The van der Waals surface area contributed by atoms with E-state index in [1.807, 2.05) is 42.5 Å². The zero-order valence-electron chi connectivity index (χ0n) is 18.2. The van der Waals surface area contributed by atoms with Crippen molar-refractivity contribution in [1.82, 2.24) is 0 Å². The Labute approximate surface area is 193 Å². The Morgan fingerprint density at radius 3 is 2.52 bits per heavy atom. The Kier molecular flexibility index (Phi) is 7.87. The van der Waals surface area contributed by atoms with E-state index < -0.39 is 5.91 Å². The first kappa shape index (κ1) is 23.2. The predicted octanol–water partition coefficient (Wildman–Crippen LogP) is 5.25. The quantitative estimate of drug-likeness (QED) is 0.205. The van der Waals surface area contributed by atoms with Gasteiger partial charge in [0.05, 0.1) is 7.11 Å². The van der Waals surface area contributed by atoms with Gasteiger partial charge in [0.25, 0.3) is 5.91 Å². The van der Waals surface area contributed by atoms with Crippen LogP contribution >= 0.6 is 0 Å². The van der Waals surface area contributed by atoms with Crippen LogP contribution in [0.2, 0.25) is 0 Å². The summed E-state index contributed by atoms with van der Waals surface area (Å²) in [5.41, 5.74) is 2.85. The number of nitriles is 1. The molecule has 33 heavy (non-hydrogen) atoms. The molecule has 0 spiro atoms. The first-order valence-corrected chi connectivity index (χ1v) is 10.2. The number of rotatable bonds is 9. The summed E-state index contributed by atoms with van der Waals surface area (Å²) in [6.45, 7) is 4.18. The molecule has 6 nitrogen and oxygen atoms in total. The molecule has 0 atom stereocenters. The average molecular weight is 440 g/mol. The van der Waals surface area contributed by atoms with Gasteiger partial charge < -0.3 is 19.9 Å². The van der Waals surface area contributed by atoms with Gasteiger partial charge in [-0.3, -0.25) is 4.79 Å². The second-order valence-corrected chi connectivity index (χ2v) is 7.15. The number of phenolic OH excluding ortho intramolecular Hbond substituents is 1. The maximum atomic E-state index is 12.6. The molecule has 3 aromatic carbocycles. The van der Waals surface area contributed by atoms with E-state index in [4.69, 9.17) is 9.47 Å². The van der Waals surface area contributed by atoms with Crippen LogP contribution in [0, 0.1) is 11.3 Å². The number of ether oxygens (including phenoxy) is 2. The van der Waals surface area contributed by atoms with Crippen LogP contribution in [0.25, 0.3) is 6.08 Å². The molecule has 0 aliphatic carbocycles. The lowest BCUT2D eigenvalue weighted by Gasteiger charge is -2.16. The average Bonchev–Trinajstić information content (AvgIpc) is 2.83. The third kappa shape index (κ3) is 6.25. The summed E-state index contributed by atoms with van der Waals surface area (Å²) >= 11 is 0. The van der Waals surface area contributed by atoms with Crippen molar-refractivity contribution in [3.8, 4) is 23.3 Å². The lowest BCUT2D eigenvalue weighted by atomic mass is 10.0. The maximum Gasteiger partial charge on any atom is 0.266 e. The monoisotopic (exact) mass is 440 g/mol. The van der Waals surface area contributed by atoms with E-state index in [2.05, 4.69) is 11.9 Å². The number of benzene rings is 3. The molecule has 0 aliphatic rings. The Morgan fingerprint density at radius 1 is 1.15 bits per heavy atom. The summed E-state index contributed by atoms with van der Waals surface area (Å²) in [5.74, 6) is 0.607. The maximum absolute atomic E-state index is 12.6. The highest BCUT2D eigenvalue weighted by molar-refractivity contribution is 6.09. The molecule has 2 N–H and O–H groups in total. The fourth-order valence-corrected chi connectivity index (χ4v) is 3.18. The number of methoxy groups -OCH3 is 1. The SMILES string of the molecule is C=CCc1cc(/C=C(\C#N)C(=O)Nc2ccc(O)cc2)cc(OC)c1OCc1ccccc1. The van der Waals surface area contributed by atoms with Gasteiger partial charge in [0.2, 0.25) is 0 Å². The number of carbonyl (C=O) groups is 1. The minimum Gasteiger partial charge on any atom is -0.508 e. The summed E-state index contributed by atoms with van der Waals surface area (Å²) in [5, 5.41) is 21.6. The number of hydrogen-bond acceptors (Lipinski definition) is 5. The van der Waals surface area contributed by atoms with Crippen LogP contribution in [-0.4, -0.2) is 18.1 Å². The number of nitrogens with one attached hydrogen (secondary N) is 1. The lowest BCUT2D eigenvalue weighted by molar-refractivity contribution is -0.112. The minimum atomic E-state index is -0.558. The van der Waals surface area contributed by atoms with Crippen molar-refractivity contribution in [1.29, 1.82) is 5.26 Å². The van der Waals surface area contributed by atoms with E-state index in [0.717, 1.165) is 11.1 Å². The molecule has 0 saturated carbocycles. The van der Waals surface area contributed by atoms with Crippen molar-refractivity contribution >= 4 is 17.7 Å². The number of nitrogens with zero attached hydrogens (tertiary/aromatic N) is 1. The van der Waals surface area contributed by atoms with E-state index in [0.29, 0.717) is 35.8 Å². The van der Waals surface area contributed by atoms with E-state index in [1.54, 1.807) is 31.4 Å². The van der Waals surface area contributed by atoms with Crippen LogP contribution in [-0.2, 0) is 17.8 Å². The molecule has 0 bridgehead atoms. The number of amides is 1. The molecular weight excluding hydrogens is 416 g/mol. The van der Waals surface area contributed by atoms with E-state index in [9.17, 15) is 15.2 Å². The van der Waals surface area contributed by atoms with E-state index in [1.165, 1.54) is 18.2 Å². The van der Waals surface area contributed by atoms with Crippen LogP contribution in [0.5, 0.6) is 17.2 Å². The van der Waals surface area contributed by atoms with Crippen molar-refractivity contribution in [2.75, 3.05) is 12.4 Å². The molecular formula is C27H24N2O4. The zero-order valence-corrected chi connectivity index (χ0v) is 18.2. The highest BCUT2D eigenvalue weighted by Crippen LogP contribution is 2.35. The normalized spacial score (nSPS) is 10.7. The van der Waals surface area contributed by atoms with Gasteiger partial charge in [-0.15, -0.1) is 6.58 Å². The van der Waals surface area contributed by atoms with Crippen LogP contribution < -0.4 is 14.8 Å². The first-order chi connectivity index (χ1) is 16.0. The molecule has 3 aromatic rings. The van der Waals surface area contributed by atoms with E-state index >= 15 is 0 Å². The third-order valence-electron chi connectivity index (χ3n) is 4.77. The Hall–Kier alpha value is -4.50. The van der Waals surface area contributed by atoms with E-state index in [-0.39, 0.29) is 11.3 Å². The van der Waals surface area contributed by atoms with Gasteiger partial charge in [-0.05, 0) is 60.0 Å². The van der Waals surface area contributed by atoms with Crippen LogP contribution in [0.4, 0.5) is 5.69 Å². The molecule has 0 radical (unpaired) electrons. The van der Waals surface area contributed by atoms with Gasteiger partial charge >= 0.3 is 0 Å². The Bertz CT molecular complexity index is 1190. The van der Waals surface area contributed by atoms with Crippen LogP contribution in [0.15, 0.2) is 85.0 Å². The number of aromatic hydroxyl groups is 1. The third-order valence-corrected chi connectivity index (χ3v) is 4.77. The molecule has 6 heteroatoms.